The molecule has 1 aromatic carbocycles. The Morgan fingerprint density at radius 2 is 2.17 bits per heavy atom. The summed E-state index contributed by atoms with van der Waals surface area (Å²) in [6.45, 7) is 3.44. The Kier molecular flexibility index (Phi) is 2.11. The first-order valence-electron chi connectivity index (χ1n) is 4.25. The molecule has 0 bridgehead atoms. The van der Waals surface area contributed by atoms with Gasteiger partial charge in [-0.1, -0.05) is 25.1 Å². The van der Waals surface area contributed by atoms with E-state index in [0.29, 0.717) is 5.92 Å². The van der Waals surface area contributed by atoms with Crippen LogP contribution in [0.4, 0.5) is 0 Å². The lowest BCUT2D eigenvalue weighted by Gasteiger charge is -2.28. The van der Waals surface area contributed by atoms with Gasteiger partial charge in [-0.25, -0.2) is 4.31 Å². The molecule has 0 spiro atoms. The molecule has 1 nitrogen and oxygen atoms in total. The second-order valence-corrected chi connectivity index (χ2v) is 4.59. The molecule has 2 rings (SSSR count). The van der Waals surface area contributed by atoms with Gasteiger partial charge in [0, 0.05) is 11.4 Å². The molecular weight excluding hydrogens is 166 g/mol. The summed E-state index contributed by atoms with van der Waals surface area (Å²) in [7, 11) is 2.15. The van der Waals surface area contributed by atoms with Crippen molar-refractivity contribution in [1.82, 2.24) is 4.31 Å². The number of hydrogen-bond donors (Lipinski definition) is 0. The summed E-state index contributed by atoms with van der Waals surface area (Å²) in [5.74, 6) is 0.674. The van der Waals surface area contributed by atoms with Gasteiger partial charge in [-0.2, -0.15) is 0 Å². The molecule has 1 heterocycles. The van der Waals surface area contributed by atoms with Gasteiger partial charge < -0.3 is 0 Å². The van der Waals surface area contributed by atoms with Gasteiger partial charge in [0.1, 0.15) is 0 Å². The van der Waals surface area contributed by atoms with Crippen molar-refractivity contribution in [3.63, 3.8) is 0 Å². The van der Waals surface area contributed by atoms with Crippen LogP contribution in [0.1, 0.15) is 18.4 Å². The minimum Gasteiger partial charge on any atom is -0.249 e. The maximum absolute atomic E-state index is 2.30. The molecule has 1 unspecified atom stereocenters. The van der Waals surface area contributed by atoms with E-state index in [2.05, 4.69) is 42.5 Å². The van der Waals surface area contributed by atoms with Gasteiger partial charge >= 0.3 is 0 Å². The van der Waals surface area contributed by atoms with Crippen LogP contribution in [0.3, 0.4) is 0 Å². The van der Waals surface area contributed by atoms with Crippen LogP contribution >= 0.6 is 11.9 Å². The Balaban J connectivity index is 2.40. The highest BCUT2D eigenvalue weighted by atomic mass is 32.2. The van der Waals surface area contributed by atoms with Crippen LogP contribution in [-0.4, -0.2) is 17.9 Å². The molecule has 0 fully saturated rings. The highest BCUT2D eigenvalue weighted by Gasteiger charge is 2.19. The maximum atomic E-state index is 2.30. The van der Waals surface area contributed by atoms with Crippen molar-refractivity contribution in [3.05, 3.63) is 29.8 Å². The molecule has 1 aliphatic heterocycles. The van der Waals surface area contributed by atoms with E-state index >= 15 is 0 Å². The second kappa shape index (κ2) is 3.11. The minimum atomic E-state index is 0.674. The fraction of sp³-hybridized carbons (Fsp3) is 0.400. The molecule has 1 aliphatic rings. The van der Waals surface area contributed by atoms with E-state index in [0.717, 1.165) is 6.54 Å². The van der Waals surface area contributed by atoms with E-state index in [1.165, 1.54) is 10.5 Å². The van der Waals surface area contributed by atoms with Gasteiger partial charge in [-0.05, 0) is 36.5 Å². The van der Waals surface area contributed by atoms with Crippen molar-refractivity contribution in [2.45, 2.75) is 17.7 Å². The number of fused-ring (bicyclic) bond motifs is 1. The van der Waals surface area contributed by atoms with Gasteiger partial charge in [0.25, 0.3) is 0 Å². The fourth-order valence-corrected chi connectivity index (χ4v) is 2.81. The highest BCUT2D eigenvalue weighted by Crippen LogP contribution is 2.36. The summed E-state index contributed by atoms with van der Waals surface area (Å²) in [5, 5.41) is 0. The minimum absolute atomic E-state index is 0.674. The molecule has 0 aliphatic carbocycles. The van der Waals surface area contributed by atoms with Crippen molar-refractivity contribution in [3.8, 4) is 0 Å². The molecule has 0 amide bonds. The summed E-state index contributed by atoms with van der Waals surface area (Å²) < 4.78 is 2.30. The first-order chi connectivity index (χ1) is 5.77. The fourth-order valence-electron chi connectivity index (χ4n) is 1.66. The van der Waals surface area contributed by atoms with E-state index in [-0.39, 0.29) is 0 Å². The lowest BCUT2D eigenvalue weighted by molar-refractivity contribution is 0.496. The van der Waals surface area contributed by atoms with Gasteiger partial charge in [-0.3, -0.25) is 0 Å². The molecule has 2 heteroatoms. The standard InChI is InChI=1S/C10H13NS/c1-8-7-11(2)12-10-6-4-3-5-9(8)10/h3-6,8H,7H2,1-2H3. The highest BCUT2D eigenvalue weighted by molar-refractivity contribution is 7.97. The van der Waals surface area contributed by atoms with Crippen LogP contribution in [0.2, 0.25) is 0 Å². The summed E-state index contributed by atoms with van der Waals surface area (Å²) in [6.07, 6.45) is 0. The van der Waals surface area contributed by atoms with Crippen molar-refractivity contribution >= 4 is 11.9 Å². The Labute approximate surface area is 77.9 Å². The molecule has 0 saturated heterocycles. The van der Waals surface area contributed by atoms with Gasteiger partial charge in [-0.15, -0.1) is 0 Å². The van der Waals surface area contributed by atoms with Gasteiger partial charge in [0.2, 0.25) is 0 Å². The number of nitrogens with zero attached hydrogens (tertiary/aromatic N) is 1. The van der Waals surface area contributed by atoms with Crippen LogP contribution in [-0.2, 0) is 0 Å². The number of hydrogen-bond acceptors (Lipinski definition) is 2. The van der Waals surface area contributed by atoms with E-state index in [1.807, 2.05) is 11.9 Å². The van der Waals surface area contributed by atoms with Gasteiger partial charge in [0.05, 0.1) is 0 Å². The molecule has 12 heavy (non-hydrogen) atoms. The number of likely N-dealkylation sites (N-methyl/N-ethyl adjacent to an activating group) is 1. The molecular formula is C10H13NS. The van der Waals surface area contributed by atoms with Crippen molar-refractivity contribution in [1.29, 1.82) is 0 Å². The van der Waals surface area contributed by atoms with Crippen molar-refractivity contribution < 1.29 is 0 Å². The normalized spacial score (nSPS) is 23.7. The first kappa shape index (κ1) is 8.14. The lowest BCUT2D eigenvalue weighted by atomic mass is 10.0. The van der Waals surface area contributed by atoms with E-state index in [4.69, 9.17) is 0 Å². The quantitative estimate of drug-likeness (QED) is 0.563. The molecule has 0 saturated carbocycles. The third kappa shape index (κ3) is 1.37. The van der Waals surface area contributed by atoms with E-state index < -0.39 is 0 Å². The third-order valence-electron chi connectivity index (χ3n) is 2.24. The molecule has 64 valence electrons. The second-order valence-electron chi connectivity index (χ2n) is 3.34. The molecule has 1 atom stereocenters. The average molecular weight is 179 g/mol. The third-order valence-corrected chi connectivity index (χ3v) is 3.26. The number of benzene rings is 1. The Bertz CT molecular complexity index is 285. The zero-order valence-corrected chi connectivity index (χ0v) is 8.27. The van der Waals surface area contributed by atoms with Crippen LogP contribution in [0.25, 0.3) is 0 Å². The van der Waals surface area contributed by atoms with E-state index in [9.17, 15) is 0 Å². The van der Waals surface area contributed by atoms with Crippen LogP contribution in [0.15, 0.2) is 29.2 Å². The average Bonchev–Trinajstić information content (AvgIpc) is 2.04. The first-order valence-corrected chi connectivity index (χ1v) is 5.03. The van der Waals surface area contributed by atoms with Crippen molar-refractivity contribution in [2.75, 3.05) is 13.6 Å². The Morgan fingerprint density at radius 3 is 3.00 bits per heavy atom. The lowest BCUT2D eigenvalue weighted by Crippen LogP contribution is -2.21. The summed E-state index contributed by atoms with van der Waals surface area (Å²) >= 11 is 1.85. The van der Waals surface area contributed by atoms with E-state index in [1.54, 1.807) is 0 Å². The molecule has 0 N–H and O–H groups in total. The summed E-state index contributed by atoms with van der Waals surface area (Å²) in [5.41, 5.74) is 1.50. The maximum Gasteiger partial charge on any atom is 0.0265 e. The topological polar surface area (TPSA) is 3.24 Å². The Morgan fingerprint density at radius 1 is 1.42 bits per heavy atom. The van der Waals surface area contributed by atoms with Crippen molar-refractivity contribution in [2.24, 2.45) is 0 Å². The summed E-state index contributed by atoms with van der Waals surface area (Å²) in [6, 6.07) is 8.67. The predicted octanol–water partition coefficient (Wildman–Crippen LogP) is 2.74. The number of rotatable bonds is 0. The molecule has 1 aromatic rings. The zero-order valence-electron chi connectivity index (χ0n) is 7.45. The van der Waals surface area contributed by atoms with Gasteiger partial charge in [0.15, 0.2) is 0 Å². The largest absolute Gasteiger partial charge is 0.249 e. The SMILES string of the molecule is CC1CN(C)Sc2ccccc21. The summed E-state index contributed by atoms with van der Waals surface area (Å²) in [4.78, 5) is 1.42. The van der Waals surface area contributed by atoms with Crippen LogP contribution in [0.5, 0.6) is 0 Å². The van der Waals surface area contributed by atoms with Crippen LogP contribution in [0, 0.1) is 0 Å². The predicted molar refractivity (Wildman–Crippen MR) is 53.3 cm³/mol. The van der Waals surface area contributed by atoms with Crippen LogP contribution < -0.4 is 0 Å². The Hall–Kier alpha value is -0.470. The zero-order chi connectivity index (χ0) is 8.55. The molecule has 0 aromatic heterocycles. The molecule has 0 radical (unpaired) electrons. The smallest absolute Gasteiger partial charge is 0.0265 e. The monoisotopic (exact) mass is 179 g/mol.